The van der Waals surface area contributed by atoms with Crippen LogP contribution in [0.15, 0.2) is 35.4 Å². The first-order valence-electron chi connectivity index (χ1n) is 5.75. The van der Waals surface area contributed by atoms with E-state index in [1.54, 1.807) is 12.3 Å². The van der Waals surface area contributed by atoms with E-state index in [1.807, 2.05) is 6.92 Å². The summed E-state index contributed by atoms with van der Waals surface area (Å²) >= 11 is 0. The molecule has 19 heavy (non-hydrogen) atoms. The monoisotopic (exact) mass is 259 g/mol. The van der Waals surface area contributed by atoms with Gasteiger partial charge in [-0.15, -0.1) is 0 Å². The number of hydrogen-bond donors (Lipinski definition) is 3. The minimum absolute atomic E-state index is 0.281. The van der Waals surface area contributed by atoms with Crippen LogP contribution < -0.4 is 16.2 Å². The van der Waals surface area contributed by atoms with E-state index < -0.39 is 0 Å². The highest BCUT2D eigenvalue weighted by atomic mass is 16.2. The number of aromatic nitrogens is 3. The fourth-order valence-electron chi connectivity index (χ4n) is 1.52. The van der Waals surface area contributed by atoms with Crippen LogP contribution in [0.1, 0.15) is 17.3 Å². The minimum atomic E-state index is -0.324. The maximum absolute atomic E-state index is 12.1. The third kappa shape index (κ3) is 3.15. The first kappa shape index (κ1) is 12.7. The van der Waals surface area contributed by atoms with Gasteiger partial charge < -0.3 is 10.6 Å². The number of pyridine rings is 1. The Bertz CT molecular complexity index is 618. The van der Waals surface area contributed by atoms with Crippen molar-refractivity contribution in [3.63, 3.8) is 0 Å². The first-order valence-corrected chi connectivity index (χ1v) is 5.75. The van der Waals surface area contributed by atoms with Crippen molar-refractivity contribution in [3.8, 4) is 0 Å². The molecular weight excluding hydrogens is 246 g/mol. The molecule has 2 rings (SSSR count). The molecule has 7 nitrogen and oxygen atoms in total. The molecule has 0 aliphatic heterocycles. The SMILES string of the molecule is CCNc1cnccc1C(=O)Nc1ccc(=O)[nH]n1. The van der Waals surface area contributed by atoms with E-state index >= 15 is 0 Å². The molecule has 0 bridgehead atoms. The van der Waals surface area contributed by atoms with Gasteiger partial charge in [0.1, 0.15) is 0 Å². The van der Waals surface area contributed by atoms with Crippen LogP contribution in [-0.2, 0) is 0 Å². The number of anilines is 2. The van der Waals surface area contributed by atoms with Crippen LogP contribution in [0.4, 0.5) is 11.5 Å². The van der Waals surface area contributed by atoms with Crippen molar-refractivity contribution in [3.05, 3.63) is 46.5 Å². The van der Waals surface area contributed by atoms with Crippen LogP contribution >= 0.6 is 0 Å². The van der Waals surface area contributed by atoms with Gasteiger partial charge in [0.25, 0.3) is 11.5 Å². The normalized spacial score (nSPS) is 9.95. The van der Waals surface area contributed by atoms with E-state index in [2.05, 4.69) is 25.8 Å². The topological polar surface area (TPSA) is 99.8 Å². The molecule has 0 unspecified atom stereocenters. The Kier molecular flexibility index (Phi) is 3.87. The van der Waals surface area contributed by atoms with E-state index in [1.165, 1.54) is 18.3 Å². The van der Waals surface area contributed by atoms with E-state index in [4.69, 9.17) is 0 Å². The van der Waals surface area contributed by atoms with Crippen molar-refractivity contribution in [1.29, 1.82) is 0 Å². The zero-order valence-corrected chi connectivity index (χ0v) is 10.3. The molecule has 98 valence electrons. The summed E-state index contributed by atoms with van der Waals surface area (Å²) in [5.41, 5.74) is 0.784. The summed E-state index contributed by atoms with van der Waals surface area (Å²) in [5.74, 6) is -0.0400. The molecule has 0 aromatic carbocycles. The highest BCUT2D eigenvalue weighted by molar-refractivity contribution is 6.07. The van der Waals surface area contributed by atoms with Crippen LogP contribution in [0.25, 0.3) is 0 Å². The molecule has 2 aromatic rings. The summed E-state index contributed by atoms with van der Waals surface area (Å²) in [6, 6.07) is 4.34. The Hall–Kier alpha value is -2.70. The maximum Gasteiger partial charge on any atom is 0.264 e. The van der Waals surface area contributed by atoms with Crippen LogP contribution in [0, 0.1) is 0 Å². The summed E-state index contributed by atoms with van der Waals surface area (Å²) in [5, 5.41) is 11.6. The lowest BCUT2D eigenvalue weighted by molar-refractivity contribution is 0.102. The van der Waals surface area contributed by atoms with Gasteiger partial charge in [-0.3, -0.25) is 14.6 Å². The van der Waals surface area contributed by atoms with Crippen LogP contribution in [0.2, 0.25) is 0 Å². The fourth-order valence-corrected chi connectivity index (χ4v) is 1.52. The minimum Gasteiger partial charge on any atom is -0.383 e. The molecule has 0 saturated heterocycles. The molecule has 7 heteroatoms. The highest BCUT2D eigenvalue weighted by Gasteiger charge is 2.11. The van der Waals surface area contributed by atoms with Gasteiger partial charge in [0, 0.05) is 18.8 Å². The Balaban J connectivity index is 2.20. The molecule has 0 spiro atoms. The molecule has 3 N–H and O–H groups in total. The molecule has 1 amide bonds. The van der Waals surface area contributed by atoms with Gasteiger partial charge in [-0.1, -0.05) is 0 Å². The number of H-pyrrole nitrogens is 1. The second-order valence-corrected chi connectivity index (χ2v) is 3.71. The number of carbonyl (C=O) groups excluding carboxylic acids is 1. The van der Waals surface area contributed by atoms with Crippen molar-refractivity contribution in [1.82, 2.24) is 15.2 Å². The van der Waals surface area contributed by atoms with Crippen LogP contribution in [-0.4, -0.2) is 27.6 Å². The summed E-state index contributed by atoms with van der Waals surface area (Å²) in [6.45, 7) is 2.61. The number of nitrogens with zero attached hydrogens (tertiary/aromatic N) is 2. The predicted octanol–water partition coefficient (Wildman–Crippen LogP) is 0.849. The van der Waals surface area contributed by atoms with E-state index in [0.717, 1.165) is 0 Å². The largest absolute Gasteiger partial charge is 0.383 e. The predicted molar refractivity (Wildman–Crippen MR) is 71.2 cm³/mol. The quantitative estimate of drug-likeness (QED) is 0.755. The zero-order chi connectivity index (χ0) is 13.7. The standard InChI is InChI=1S/C12H13N5O2/c1-2-14-9-7-13-6-5-8(9)12(19)15-10-3-4-11(18)17-16-10/h3-7,14H,2H2,1H3,(H,17,18)(H,15,16,19). The Morgan fingerprint density at radius 1 is 1.37 bits per heavy atom. The van der Waals surface area contributed by atoms with E-state index in [9.17, 15) is 9.59 Å². The number of rotatable bonds is 4. The molecule has 0 aliphatic rings. The molecule has 2 heterocycles. The maximum atomic E-state index is 12.1. The summed E-state index contributed by atoms with van der Waals surface area (Å²) in [7, 11) is 0. The summed E-state index contributed by atoms with van der Waals surface area (Å²) in [6.07, 6.45) is 3.12. The van der Waals surface area contributed by atoms with Crippen LogP contribution in [0.5, 0.6) is 0 Å². The molecule has 0 atom stereocenters. The molecule has 0 aliphatic carbocycles. The number of aromatic amines is 1. The van der Waals surface area contributed by atoms with Gasteiger partial charge >= 0.3 is 0 Å². The Labute approximate surface area is 109 Å². The van der Waals surface area contributed by atoms with Gasteiger partial charge in [0.2, 0.25) is 0 Å². The third-order valence-corrected chi connectivity index (χ3v) is 2.35. The average Bonchev–Trinajstić information content (AvgIpc) is 2.42. The van der Waals surface area contributed by atoms with E-state index in [-0.39, 0.29) is 17.3 Å². The number of amides is 1. The zero-order valence-electron chi connectivity index (χ0n) is 10.3. The summed E-state index contributed by atoms with van der Waals surface area (Å²) in [4.78, 5) is 26.9. The van der Waals surface area contributed by atoms with Crippen LogP contribution in [0.3, 0.4) is 0 Å². The molecule has 0 fully saturated rings. The fraction of sp³-hybridized carbons (Fsp3) is 0.167. The van der Waals surface area contributed by atoms with Crippen molar-refractivity contribution < 1.29 is 4.79 Å². The Morgan fingerprint density at radius 2 is 2.21 bits per heavy atom. The number of carbonyl (C=O) groups is 1. The second-order valence-electron chi connectivity index (χ2n) is 3.71. The molecular formula is C12H13N5O2. The van der Waals surface area contributed by atoms with Crippen molar-refractivity contribution >= 4 is 17.4 Å². The average molecular weight is 259 g/mol. The number of nitrogens with one attached hydrogen (secondary N) is 3. The first-order chi connectivity index (χ1) is 9.20. The molecule has 0 radical (unpaired) electrons. The van der Waals surface area contributed by atoms with Gasteiger partial charge in [0.15, 0.2) is 5.82 Å². The second kappa shape index (κ2) is 5.76. The lowest BCUT2D eigenvalue weighted by atomic mass is 10.2. The number of hydrogen-bond acceptors (Lipinski definition) is 5. The van der Waals surface area contributed by atoms with Crippen molar-refractivity contribution in [2.75, 3.05) is 17.2 Å². The van der Waals surface area contributed by atoms with Gasteiger partial charge in [-0.25, -0.2) is 5.10 Å². The van der Waals surface area contributed by atoms with Gasteiger partial charge in [-0.05, 0) is 19.1 Å². The smallest absolute Gasteiger partial charge is 0.264 e. The van der Waals surface area contributed by atoms with Gasteiger partial charge in [-0.2, -0.15) is 5.10 Å². The van der Waals surface area contributed by atoms with E-state index in [0.29, 0.717) is 17.8 Å². The van der Waals surface area contributed by atoms with Gasteiger partial charge in [0.05, 0.1) is 17.4 Å². The molecule has 0 saturated carbocycles. The van der Waals surface area contributed by atoms with Crippen molar-refractivity contribution in [2.24, 2.45) is 0 Å². The summed E-state index contributed by atoms with van der Waals surface area (Å²) < 4.78 is 0. The Morgan fingerprint density at radius 3 is 2.89 bits per heavy atom. The third-order valence-electron chi connectivity index (χ3n) is 2.35. The highest BCUT2D eigenvalue weighted by Crippen LogP contribution is 2.14. The van der Waals surface area contributed by atoms with Crippen molar-refractivity contribution in [2.45, 2.75) is 6.92 Å². The lowest BCUT2D eigenvalue weighted by Gasteiger charge is -2.09. The molecule has 2 aromatic heterocycles. The lowest BCUT2D eigenvalue weighted by Crippen LogP contribution is -2.17.